The number of nitrogens with one attached hydrogen (secondary N) is 3. The second-order valence-corrected chi connectivity index (χ2v) is 7.12. The van der Waals surface area contributed by atoms with Crippen LogP contribution in [0.1, 0.15) is 13.8 Å². The van der Waals surface area contributed by atoms with Crippen molar-refractivity contribution in [3.8, 4) is 5.75 Å². The van der Waals surface area contributed by atoms with Crippen LogP contribution >= 0.6 is 35.6 Å². The van der Waals surface area contributed by atoms with E-state index in [1.165, 1.54) is 6.33 Å². The molecule has 0 spiro atoms. The molecule has 1 aromatic carbocycles. The number of halogens is 2. The van der Waals surface area contributed by atoms with Gasteiger partial charge in [-0.3, -0.25) is 4.68 Å². The summed E-state index contributed by atoms with van der Waals surface area (Å²) in [5, 5.41) is 15.7. The molecule has 3 rings (SSSR count). The largest absolute Gasteiger partial charge is 0.489 e. The minimum absolute atomic E-state index is 0. The Bertz CT molecular complexity index is 979. The summed E-state index contributed by atoms with van der Waals surface area (Å²) in [6.07, 6.45) is 3.23. The van der Waals surface area contributed by atoms with Gasteiger partial charge < -0.3 is 20.7 Å². The molecule has 0 saturated heterocycles. The fourth-order valence-electron chi connectivity index (χ4n) is 2.81. The molecule has 3 N–H and O–H groups in total. The number of benzene rings is 1. The average molecular weight is 559 g/mol. The Balaban J connectivity index is 0.00000341. The second kappa shape index (κ2) is 12.5. The van der Waals surface area contributed by atoms with E-state index >= 15 is 0 Å². The Hall–Kier alpha value is -2.34. The molecular weight excluding hydrogens is 531 g/mol. The third-order valence-electron chi connectivity index (χ3n) is 4.24. The molecule has 1 unspecified atom stereocenters. The number of fused-ring (bicyclic) bond motifs is 1. The first-order valence-electron chi connectivity index (χ1n) is 9.87. The maximum Gasteiger partial charge on any atom is 0.191 e. The SMILES string of the molecule is CCNC(=NCC(C)Oc1ccc(Cl)cc1)NCCNc1ncnc2c1cnn2C.I. The first kappa shape index (κ1) is 24.9. The number of aromatic nitrogens is 4. The molecule has 3 aromatic rings. The van der Waals surface area contributed by atoms with E-state index < -0.39 is 0 Å². The lowest BCUT2D eigenvalue weighted by atomic mass is 10.3. The predicted molar refractivity (Wildman–Crippen MR) is 136 cm³/mol. The summed E-state index contributed by atoms with van der Waals surface area (Å²) in [6.45, 7) is 6.65. The van der Waals surface area contributed by atoms with Gasteiger partial charge in [0.25, 0.3) is 0 Å². The Kier molecular flexibility index (Phi) is 10.0. The maximum atomic E-state index is 5.90. The van der Waals surface area contributed by atoms with Crippen molar-refractivity contribution in [1.29, 1.82) is 0 Å². The van der Waals surface area contributed by atoms with E-state index in [-0.39, 0.29) is 30.1 Å². The van der Waals surface area contributed by atoms with E-state index in [4.69, 9.17) is 16.3 Å². The zero-order valence-corrected chi connectivity index (χ0v) is 20.9. The van der Waals surface area contributed by atoms with Crippen molar-refractivity contribution in [3.05, 3.63) is 41.8 Å². The number of hydrogen-bond acceptors (Lipinski definition) is 6. The van der Waals surface area contributed by atoms with Crippen LogP contribution in [-0.2, 0) is 7.05 Å². The van der Waals surface area contributed by atoms with Crippen molar-refractivity contribution in [2.45, 2.75) is 20.0 Å². The van der Waals surface area contributed by atoms with Gasteiger partial charge in [-0.25, -0.2) is 15.0 Å². The summed E-state index contributed by atoms with van der Waals surface area (Å²) in [5.41, 5.74) is 0.796. The number of ether oxygens (including phenoxy) is 1. The van der Waals surface area contributed by atoms with E-state index in [1.807, 2.05) is 45.2 Å². The molecule has 0 aliphatic carbocycles. The van der Waals surface area contributed by atoms with Crippen molar-refractivity contribution < 1.29 is 4.74 Å². The lowest BCUT2D eigenvalue weighted by molar-refractivity contribution is 0.230. The van der Waals surface area contributed by atoms with Gasteiger partial charge >= 0.3 is 0 Å². The van der Waals surface area contributed by atoms with Crippen LogP contribution in [-0.4, -0.2) is 58.0 Å². The fourth-order valence-corrected chi connectivity index (χ4v) is 2.94. The zero-order valence-electron chi connectivity index (χ0n) is 17.8. The highest BCUT2D eigenvalue weighted by molar-refractivity contribution is 14.0. The minimum Gasteiger partial charge on any atom is -0.489 e. The molecule has 168 valence electrons. The van der Waals surface area contributed by atoms with Gasteiger partial charge in [0.2, 0.25) is 0 Å². The third kappa shape index (κ3) is 7.39. The smallest absolute Gasteiger partial charge is 0.191 e. The number of anilines is 1. The van der Waals surface area contributed by atoms with E-state index in [2.05, 4.69) is 36.0 Å². The summed E-state index contributed by atoms with van der Waals surface area (Å²) in [5.74, 6) is 2.28. The molecule has 0 fully saturated rings. The van der Waals surface area contributed by atoms with Gasteiger partial charge in [-0.15, -0.1) is 24.0 Å². The number of hydrogen-bond donors (Lipinski definition) is 3. The highest BCUT2D eigenvalue weighted by Gasteiger charge is 2.08. The molecule has 9 nitrogen and oxygen atoms in total. The van der Waals surface area contributed by atoms with Crippen LogP contribution in [0.2, 0.25) is 5.02 Å². The Morgan fingerprint density at radius 1 is 1.19 bits per heavy atom. The van der Waals surface area contributed by atoms with Crippen molar-refractivity contribution in [2.75, 3.05) is 31.5 Å². The first-order chi connectivity index (χ1) is 14.6. The number of aryl methyl sites for hydroxylation is 1. The van der Waals surface area contributed by atoms with E-state index in [9.17, 15) is 0 Å². The minimum atomic E-state index is -0.0698. The van der Waals surface area contributed by atoms with Gasteiger partial charge in [-0.2, -0.15) is 5.10 Å². The van der Waals surface area contributed by atoms with Gasteiger partial charge in [0.15, 0.2) is 11.6 Å². The topological polar surface area (TPSA) is 101 Å². The molecule has 1 atom stereocenters. The highest BCUT2D eigenvalue weighted by Crippen LogP contribution is 2.17. The first-order valence-corrected chi connectivity index (χ1v) is 10.3. The van der Waals surface area contributed by atoms with Gasteiger partial charge in [0.05, 0.1) is 18.1 Å². The van der Waals surface area contributed by atoms with Crippen LogP contribution < -0.4 is 20.7 Å². The summed E-state index contributed by atoms with van der Waals surface area (Å²) in [7, 11) is 1.86. The standard InChI is InChI=1S/C20H27ClN8O.HI/c1-4-22-20(25-11-14(2)30-16-7-5-15(21)6-8-16)24-10-9-23-18-17-12-28-29(3)19(17)27-13-26-18;/h5-8,12-14H,4,9-11H2,1-3H3,(H2,22,24,25)(H,23,26,27);1H. The van der Waals surface area contributed by atoms with Crippen LogP contribution in [0.5, 0.6) is 5.75 Å². The molecule has 2 heterocycles. The second-order valence-electron chi connectivity index (χ2n) is 6.68. The van der Waals surface area contributed by atoms with Crippen LogP contribution in [0.3, 0.4) is 0 Å². The van der Waals surface area contributed by atoms with Crippen molar-refractivity contribution in [2.24, 2.45) is 12.0 Å². The maximum absolute atomic E-state index is 5.90. The fraction of sp³-hybridized carbons (Fsp3) is 0.400. The summed E-state index contributed by atoms with van der Waals surface area (Å²) in [6, 6.07) is 7.32. The monoisotopic (exact) mass is 558 g/mol. The van der Waals surface area contributed by atoms with Crippen LogP contribution in [0.4, 0.5) is 5.82 Å². The molecule has 0 amide bonds. The molecular formula is C20H28ClIN8O. The predicted octanol–water partition coefficient (Wildman–Crippen LogP) is 3.07. The average Bonchev–Trinajstić information content (AvgIpc) is 3.12. The van der Waals surface area contributed by atoms with E-state index in [1.54, 1.807) is 10.9 Å². The summed E-state index contributed by atoms with van der Waals surface area (Å²) < 4.78 is 7.59. The number of guanidine groups is 1. The van der Waals surface area contributed by atoms with Crippen LogP contribution in [0.25, 0.3) is 11.0 Å². The Morgan fingerprint density at radius 3 is 2.71 bits per heavy atom. The van der Waals surface area contributed by atoms with Crippen molar-refractivity contribution in [3.63, 3.8) is 0 Å². The summed E-state index contributed by atoms with van der Waals surface area (Å²) >= 11 is 5.90. The lowest BCUT2D eigenvalue weighted by Crippen LogP contribution is -2.40. The van der Waals surface area contributed by atoms with Gasteiger partial charge in [0, 0.05) is 31.7 Å². The molecule has 11 heteroatoms. The number of rotatable bonds is 9. The van der Waals surface area contributed by atoms with E-state index in [0.29, 0.717) is 24.7 Å². The van der Waals surface area contributed by atoms with Crippen LogP contribution in [0.15, 0.2) is 41.8 Å². The van der Waals surface area contributed by atoms with Gasteiger partial charge in [-0.1, -0.05) is 11.6 Å². The zero-order chi connectivity index (χ0) is 21.3. The van der Waals surface area contributed by atoms with Crippen molar-refractivity contribution >= 4 is 58.4 Å². The molecule has 0 bridgehead atoms. The molecule has 0 aliphatic rings. The van der Waals surface area contributed by atoms with Crippen LogP contribution in [0, 0.1) is 0 Å². The molecule has 0 saturated carbocycles. The molecule has 31 heavy (non-hydrogen) atoms. The summed E-state index contributed by atoms with van der Waals surface area (Å²) in [4.78, 5) is 13.1. The molecule has 2 aromatic heterocycles. The van der Waals surface area contributed by atoms with E-state index in [0.717, 1.165) is 35.1 Å². The van der Waals surface area contributed by atoms with Crippen molar-refractivity contribution in [1.82, 2.24) is 30.4 Å². The lowest BCUT2D eigenvalue weighted by Gasteiger charge is -2.15. The quantitative estimate of drug-likeness (QED) is 0.161. The number of nitrogens with zero attached hydrogens (tertiary/aromatic N) is 5. The third-order valence-corrected chi connectivity index (χ3v) is 4.49. The molecule has 0 radical (unpaired) electrons. The highest BCUT2D eigenvalue weighted by atomic mass is 127. The Labute approximate surface area is 204 Å². The normalized spacial score (nSPS) is 12.2. The molecule has 0 aliphatic heterocycles. The van der Waals surface area contributed by atoms with Gasteiger partial charge in [-0.05, 0) is 38.1 Å². The number of aliphatic imine (C=N–C) groups is 1. The van der Waals surface area contributed by atoms with Gasteiger partial charge in [0.1, 0.15) is 24.0 Å². The Morgan fingerprint density at radius 2 is 1.97 bits per heavy atom.